The predicted molar refractivity (Wildman–Crippen MR) is 89.2 cm³/mol. The van der Waals surface area contributed by atoms with Crippen molar-refractivity contribution in [2.45, 2.75) is 32.2 Å². The molecule has 0 aliphatic heterocycles. The van der Waals surface area contributed by atoms with Gasteiger partial charge in [-0.25, -0.2) is 0 Å². The van der Waals surface area contributed by atoms with Gasteiger partial charge in [0.05, 0.1) is 18.2 Å². The third-order valence-corrected chi connectivity index (χ3v) is 3.90. The summed E-state index contributed by atoms with van der Waals surface area (Å²) < 4.78 is 45.8. The van der Waals surface area contributed by atoms with Gasteiger partial charge in [0.15, 0.2) is 5.82 Å². The van der Waals surface area contributed by atoms with Crippen LogP contribution in [0.1, 0.15) is 24.4 Å². The number of pyridine rings is 1. The van der Waals surface area contributed by atoms with Crippen molar-refractivity contribution in [1.29, 1.82) is 0 Å². The number of carbonyl (C=O) groups is 1. The average Bonchev–Trinajstić information content (AvgIpc) is 3.04. The highest BCUT2D eigenvalue weighted by Crippen LogP contribution is 2.29. The number of hydrogen-bond acceptors (Lipinski definition) is 5. The Bertz CT molecular complexity index is 865. The summed E-state index contributed by atoms with van der Waals surface area (Å²) >= 11 is 5.57. The minimum atomic E-state index is -4.69. The second-order valence-electron chi connectivity index (χ2n) is 5.67. The highest BCUT2D eigenvalue weighted by atomic mass is 35.5. The summed E-state index contributed by atoms with van der Waals surface area (Å²) in [4.78, 5) is 24.1. The van der Waals surface area contributed by atoms with Crippen LogP contribution < -0.4 is 10.9 Å². The number of amides is 1. The van der Waals surface area contributed by atoms with E-state index in [9.17, 15) is 22.8 Å². The van der Waals surface area contributed by atoms with Crippen molar-refractivity contribution in [3.8, 4) is 0 Å². The molecule has 0 aliphatic carbocycles. The molecule has 1 N–H and O–H groups in total. The second kappa shape index (κ2) is 8.53. The SMILES string of the molecule is COCCn1cnnc1[C@@H](C)NC(=O)Cn1cc(C(F)(F)F)cc(Cl)c1=O. The van der Waals surface area contributed by atoms with Crippen LogP contribution in [-0.4, -0.2) is 39.0 Å². The maximum Gasteiger partial charge on any atom is 0.417 e. The normalized spacial score (nSPS) is 12.8. The van der Waals surface area contributed by atoms with Crippen molar-refractivity contribution in [2.75, 3.05) is 13.7 Å². The quantitative estimate of drug-likeness (QED) is 0.753. The molecule has 0 fully saturated rings. The van der Waals surface area contributed by atoms with Gasteiger partial charge in [0.25, 0.3) is 5.56 Å². The minimum Gasteiger partial charge on any atom is -0.383 e. The van der Waals surface area contributed by atoms with Crippen molar-refractivity contribution < 1.29 is 22.7 Å². The van der Waals surface area contributed by atoms with Crippen molar-refractivity contribution in [1.82, 2.24) is 24.6 Å². The number of carbonyl (C=O) groups excluding carboxylic acids is 1. The maximum atomic E-state index is 12.9. The Morgan fingerprint density at radius 1 is 1.41 bits per heavy atom. The highest BCUT2D eigenvalue weighted by Gasteiger charge is 2.32. The third-order valence-electron chi connectivity index (χ3n) is 3.63. The molecular weight excluding hydrogens is 391 g/mol. The molecule has 27 heavy (non-hydrogen) atoms. The lowest BCUT2D eigenvalue weighted by Crippen LogP contribution is -2.35. The first-order chi connectivity index (χ1) is 12.6. The molecule has 0 bridgehead atoms. The lowest BCUT2D eigenvalue weighted by atomic mass is 10.2. The molecule has 0 saturated carbocycles. The summed E-state index contributed by atoms with van der Waals surface area (Å²) in [6.45, 7) is 1.87. The van der Waals surface area contributed by atoms with Gasteiger partial charge in [-0.1, -0.05) is 11.6 Å². The summed E-state index contributed by atoms with van der Waals surface area (Å²) in [5.41, 5.74) is -2.01. The lowest BCUT2D eigenvalue weighted by Gasteiger charge is -2.16. The fourth-order valence-electron chi connectivity index (χ4n) is 2.34. The van der Waals surface area contributed by atoms with Gasteiger partial charge in [-0.15, -0.1) is 10.2 Å². The van der Waals surface area contributed by atoms with Crippen LogP contribution in [0.3, 0.4) is 0 Å². The number of alkyl halides is 3. The maximum absolute atomic E-state index is 12.9. The predicted octanol–water partition coefficient (Wildman–Crippen LogP) is 1.64. The summed E-state index contributed by atoms with van der Waals surface area (Å²) in [5, 5.41) is 9.62. The fraction of sp³-hybridized carbons (Fsp3) is 0.467. The molecule has 2 aromatic rings. The molecule has 148 valence electrons. The number of rotatable bonds is 7. The fourth-order valence-corrected chi connectivity index (χ4v) is 2.57. The van der Waals surface area contributed by atoms with E-state index in [1.807, 2.05) is 0 Å². The van der Waals surface area contributed by atoms with Crippen LogP contribution in [0.5, 0.6) is 0 Å². The van der Waals surface area contributed by atoms with Gasteiger partial charge in [-0.05, 0) is 13.0 Å². The Morgan fingerprint density at radius 3 is 2.74 bits per heavy atom. The number of nitrogens with zero attached hydrogens (tertiary/aromatic N) is 4. The molecule has 0 aromatic carbocycles. The zero-order valence-electron chi connectivity index (χ0n) is 14.5. The van der Waals surface area contributed by atoms with Gasteiger partial charge in [-0.3, -0.25) is 9.59 Å². The van der Waals surface area contributed by atoms with Crippen molar-refractivity contribution in [3.63, 3.8) is 0 Å². The molecule has 2 heterocycles. The molecule has 0 saturated heterocycles. The van der Waals surface area contributed by atoms with Crippen molar-refractivity contribution in [3.05, 3.63) is 45.4 Å². The zero-order valence-corrected chi connectivity index (χ0v) is 15.2. The number of hydrogen-bond donors (Lipinski definition) is 1. The van der Waals surface area contributed by atoms with E-state index < -0.39 is 40.8 Å². The van der Waals surface area contributed by atoms with Crippen LogP contribution in [0.2, 0.25) is 5.02 Å². The van der Waals surface area contributed by atoms with Gasteiger partial charge < -0.3 is 19.2 Å². The molecule has 1 amide bonds. The first-order valence-corrected chi connectivity index (χ1v) is 8.14. The van der Waals surface area contributed by atoms with E-state index >= 15 is 0 Å². The molecule has 2 aromatic heterocycles. The molecule has 8 nitrogen and oxygen atoms in total. The monoisotopic (exact) mass is 407 g/mol. The van der Waals surface area contributed by atoms with E-state index in [1.165, 1.54) is 13.4 Å². The number of nitrogens with one attached hydrogen (secondary N) is 1. The Hall–Kier alpha value is -2.40. The van der Waals surface area contributed by atoms with E-state index in [2.05, 4.69) is 15.5 Å². The minimum absolute atomic E-state index is 0.407. The van der Waals surface area contributed by atoms with Crippen LogP contribution in [0.4, 0.5) is 13.2 Å². The summed E-state index contributed by atoms with van der Waals surface area (Å²) in [7, 11) is 1.53. The van der Waals surface area contributed by atoms with E-state index in [1.54, 1.807) is 11.5 Å². The van der Waals surface area contributed by atoms with Crippen LogP contribution in [0.15, 0.2) is 23.4 Å². The second-order valence-corrected chi connectivity index (χ2v) is 6.08. The Labute approximate surface area is 156 Å². The molecule has 2 rings (SSSR count). The van der Waals surface area contributed by atoms with Crippen LogP contribution in [0.25, 0.3) is 0 Å². The van der Waals surface area contributed by atoms with Crippen LogP contribution in [0, 0.1) is 0 Å². The smallest absolute Gasteiger partial charge is 0.383 e. The number of halogens is 4. The van der Waals surface area contributed by atoms with Crippen molar-refractivity contribution in [2.24, 2.45) is 0 Å². The topological polar surface area (TPSA) is 91.0 Å². The number of ether oxygens (including phenoxy) is 1. The number of aromatic nitrogens is 4. The van der Waals surface area contributed by atoms with Crippen LogP contribution in [-0.2, 0) is 28.8 Å². The van der Waals surface area contributed by atoms with E-state index in [4.69, 9.17) is 16.3 Å². The summed E-state index contributed by atoms with van der Waals surface area (Å²) in [6.07, 6.45) is -2.67. The van der Waals surface area contributed by atoms with E-state index in [0.29, 0.717) is 35.8 Å². The Morgan fingerprint density at radius 2 is 2.11 bits per heavy atom. The third kappa shape index (κ3) is 5.30. The Kier molecular flexibility index (Phi) is 6.60. The highest BCUT2D eigenvalue weighted by molar-refractivity contribution is 6.30. The van der Waals surface area contributed by atoms with Gasteiger partial charge >= 0.3 is 6.18 Å². The van der Waals surface area contributed by atoms with Crippen molar-refractivity contribution >= 4 is 17.5 Å². The van der Waals surface area contributed by atoms with Gasteiger partial charge in [-0.2, -0.15) is 13.2 Å². The molecule has 0 aliphatic rings. The molecule has 0 unspecified atom stereocenters. The Balaban J connectivity index is 2.13. The average molecular weight is 408 g/mol. The summed E-state index contributed by atoms with van der Waals surface area (Å²) in [5.74, 6) is -0.240. The molecule has 12 heteroatoms. The molecular formula is C15H17ClF3N5O3. The standard InChI is InChI=1S/C15H17ClF3N5O3/c1-9(13-22-20-8-23(13)3-4-27-2)21-12(25)7-24-6-10(15(17,18)19)5-11(16)14(24)26/h5-6,8-9H,3-4,7H2,1-2H3,(H,21,25)/t9-/m1/s1. The van der Waals surface area contributed by atoms with E-state index in [-0.39, 0.29) is 0 Å². The zero-order chi connectivity index (χ0) is 20.2. The van der Waals surface area contributed by atoms with Crippen LogP contribution >= 0.6 is 11.6 Å². The largest absolute Gasteiger partial charge is 0.417 e. The molecule has 0 spiro atoms. The van der Waals surface area contributed by atoms with Gasteiger partial charge in [0, 0.05) is 19.9 Å². The molecule has 1 atom stereocenters. The first-order valence-electron chi connectivity index (χ1n) is 7.76. The molecule has 0 radical (unpaired) electrons. The van der Waals surface area contributed by atoms with Gasteiger partial charge in [0.2, 0.25) is 5.91 Å². The van der Waals surface area contributed by atoms with Gasteiger partial charge in [0.1, 0.15) is 17.9 Å². The van der Waals surface area contributed by atoms with E-state index in [0.717, 1.165) is 0 Å². The summed E-state index contributed by atoms with van der Waals surface area (Å²) in [6, 6.07) is -0.0621. The first kappa shape index (κ1) is 20.9. The number of methoxy groups -OCH3 is 1. The lowest BCUT2D eigenvalue weighted by molar-refractivity contribution is -0.138.